The Bertz CT molecular complexity index is 790. The standard InChI is InChI=1S/C19H20O9/c20-11-3-1-10(2-4-11)18(25)26-9-14-15(22)16(23)17(24)19(28-14)27-13-7-5-12(21)6-8-13/h1-8,14-17,19-24H,9H2/t14-,15-,16+,17-,19-/m1/s1. The predicted molar refractivity (Wildman–Crippen MR) is 93.8 cm³/mol. The molecule has 2 aromatic rings. The van der Waals surface area contributed by atoms with Gasteiger partial charge in [-0.1, -0.05) is 0 Å². The molecule has 28 heavy (non-hydrogen) atoms. The molecule has 150 valence electrons. The molecule has 5 N–H and O–H groups in total. The van der Waals surface area contributed by atoms with Crippen molar-refractivity contribution in [2.75, 3.05) is 6.61 Å². The van der Waals surface area contributed by atoms with Gasteiger partial charge in [-0.15, -0.1) is 0 Å². The number of phenols is 2. The van der Waals surface area contributed by atoms with Gasteiger partial charge in [-0.3, -0.25) is 0 Å². The fraction of sp³-hybridized carbons (Fsp3) is 0.316. The molecule has 0 aliphatic carbocycles. The van der Waals surface area contributed by atoms with Crippen molar-refractivity contribution >= 4 is 5.97 Å². The lowest BCUT2D eigenvalue weighted by Gasteiger charge is -2.39. The lowest BCUT2D eigenvalue weighted by molar-refractivity contribution is -0.277. The van der Waals surface area contributed by atoms with Crippen LogP contribution in [-0.4, -0.2) is 68.8 Å². The van der Waals surface area contributed by atoms with Crippen LogP contribution >= 0.6 is 0 Å². The summed E-state index contributed by atoms with van der Waals surface area (Å²) in [6.45, 7) is -0.403. The van der Waals surface area contributed by atoms with Crippen molar-refractivity contribution in [3.63, 3.8) is 0 Å². The number of aliphatic hydroxyl groups is 3. The first-order valence-corrected chi connectivity index (χ1v) is 8.46. The van der Waals surface area contributed by atoms with Crippen molar-refractivity contribution < 1.29 is 44.5 Å². The normalized spacial score (nSPS) is 27.2. The minimum Gasteiger partial charge on any atom is -0.508 e. The highest BCUT2D eigenvalue weighted by atomic mass is 16.7. The fourth-order valence-electron chi connectivity index (χ4n) is 2.65. The number of benzene rings is 2. The van der Waals surface area contributed by atoms with Crippen LogP contribution in [0.3, 0.4) is 0 Å². The molecule has 1 aliphatic rings. The lowest BCUT2D eigenvalue weighted by Crippen LogP contribution is -2.60. The Morgan fingerprint density at radius 3 is 2.04 bits per heavy atom. The van der Waals surface area contributed by atoms with Crippen molar-refractivity contribution in [2.24, 2.45) is 0 Å². The summed E-state index contributed by atoms with van der Waals surface area (Å²) in [4.78, 5) is 12.0. The van der Waals surface area contributed by atoms with Crippen molar-refractivity contribution in [2.45, 2.75) is 30.7 Å². The summed E-state index contributed by atoms with van der Waals surface area (Å²) >= 11 is 0. The van der Waals surface area contributed by atoms with Gasteiger partial charge >= 0.3 is 5.97 Å². The Morgan fingerprint density at radius 2 is 1.43 bits per heavy atom. The third-order valence-corrected chi connectivity index (χ3v) is 4.24. The second kappa shape index (κ2) is 8.44. The molecule has 2 aromatic carbocycles. The van der Waals surface area contributed by atoms with Gasteiger partial charge in [-0.25, -0.2) is 4.79 Å². The molecule has 0 amide bonds. The molecular weight excluding hydrogens is 372 g/mol. The van der Waals surface area contributed by atoms with E-state index < -0.39 is 43.3 Å². The van der Waals surface area contributed by atoms with E-state index in [9.17, 15) is 30.3 Å². The Balaban J connectivity index is 1.63. The molecule has 0 radical (unpaired) electrons. The average Bonchev–Trinajstić information content (AvgIpc) is 2.69. The molecule has 1 saturated heterocycles. The Kier molecular flexibility index (Phi) is 6.00. The van der Waals surface area contributed by atoms with Crippen molar-refractivity contribution in [1.82, 2.24) is 0 Å². The molecule has 9 heteroatoms. The number of hydrogen-bond acceptors (Lipinski definition) is 9. The zero-order chi connectivity index (χ0) is 20.3. The summed E-state index contributed by atoms with van der Waals surface area (Å²) in [6.07, 6.45) is -7.13. The predicted octanol–water partition coefficient (Wildman–Crippen LogP) is 0.141. The quantitative estimate of drug-likeness (QED) is 0.449. The maximum atomic E-state index is 12.0. The van der Waals surface area contributed by atoms with Crippen LogP contribution < -0.4 is 4.74 Å². The van der Waals surface area contributed by atoms with Gasteiger partial charge < -0.3 is 39.7 Å². The number of carbonyl (C=O) groups excluding carboxylic acids is 1. The van der Waals surface area contributed by atoms with Crippen LogP contribution in [0.5, 0.6) is 17.2 Å². The molecule has 1 fully saturated rings. The smallest absolute Gasteiger partial charge is 0.338 e. The monoisotopic (exact) mass is 392 g/mol. The van der Waals surface area contributed by atoms with Gasteiger partial charge in [0.05, 0.1) is 5.56 Å². The molecule has 0 unspecified atom stereocenters. The second-order valence-electron chi connectivity index (χ2n) is 6.27. The largest absolute Gasteiger partial charge is 0.508 e. The number of rotatable bonds is 5. The number of ether oxygens (including phenoxy) is 3. The SMILES string of the molecule is O=C(OC[C@H]1O[C@@H](Oc2ccc(O)cc2)[C@H](O)[C@@H](O)[C@@H]1O)c1ccc(O)cc1. The second-order valence-corrected chi connectivity index (χ2v) is 6.27. The maximum absolute atomic E-state index is 12.0. The molecular formula is C19H20O9. The van der Waals surface area contributed by atoms with Crippen LogP contribution in [0.1, 0.15) is 10.4 Å². The van der Waals surface area contributed by atoms with E-state index in [4.69, 9.17) is 14.2 Å². The Labute approximate surface area is 160 Å². The molecule has 1 aliphatic heterocycles. The molecule has 1 heterocycles. The highest BCUT2D eigenvalue weighted by Crippen LogP contribution is 2.26. The number of aromatic hydroxyl groups is 2. The number of esters is 1. The Morgan fingerprint density at radius 1 is 0.857 bits per heavy atom. The lowest BCUT2D eigenvalue weighted by atomic mass is 9.99. The number of carbonyl (C=O) groups is 1. The average molecular weight is 392 g/mol. The molecule has 0 aromatic heterocycles. The van der Waals surface area contributed by atoms with E-state index >= 15 is 0 Å². The number of phenolic OH excluding ortho intramolecular Hbond substituents is 2. The van der Waals surface area contributed by atoms with Crippen LogP contribution in [-0.2, 0) is 9.47 Å². The van der Waals surface area contributed by atoms with Gasteiger partial charge in [0.15, 0.2) is 0 Å². The third kappa shape index (κ3) is 4.52. The first kappa shape index (κ1) is 19.9. The summed E-state index contributed by atoms with van der Waals surface area (Å²) in [5.74, 6) is -0.446. The molecule has 0 spiro atoms. The van der Waals surface area contributed by atoms with E-state index in [2.05, 4.69) is 0 Å². The van der Waals surface area contributed by atoms with Gasteiger partial charge in [0.1, 0.15) is 48.3 Å². The highest BCUT2D eigenvalue weighted by Gasteiger charge is 2.45. The molecule has 0 saturated carbocycles. The summed E-state index contributed by atoms with van der Waals surface area (Å²) in [6, 6.07) is 11.0. The summed E-state index contributed by atoms with van der Waals surface area (Å²) in [5, 5.41) is 48.8. The van der Waals surface area contributed by atoms with Crippen molar-refractivity contribution in [1.29, 1.82) is 0 Å². The van der Waals surface area contributed by atoms with Gasteiger partial charge in [-0.05, 0) is 48.5 Å². The van der Waals surface area contributed by atoms with E-state index in [1.54, 1.807) is 0 Å². The molecule has 3 rings (SSSR count). The fourth-order valence-corrected chi connectivity index (χ4v) is 2.65. The molecule has 9 nitrogen and oxygen atoms in total. The van der Waals surface area contributed by atoms with E-state index in [-0.39, 0.29) is 22.8 Å². The number of hydrogen-bond donors (Lipinski definition) is 5. The zero-order valence-corrected chi connectivity index (χ0v) is 14.6. The van der Waals surface area contributed by atoms with Crippen LogP contribution in [0.4, 0.5) is 0 Å². The minimum absolute atomic E-state index is 0.00563. The van der Waals surface area contributed by atoms with E-state index in [0.717, 1.165) is 0 Å². The van der Waals surface area contributed by atoms with Gasteiger partial charge in [-0.2, -0.15) is 0 Å². The molecule has 0 bridgehead atoms. The first-order valence-electron chi connectivity index (χ1n) is 8.46. The minimum atomic E-state index is -1.59. The van der Waals surface area contributed by atoms with Crippen LogP contribution in [0.2, 0.25) is 0 Å². The summed E-state index contributed by atoms with van der Waals surface area (Å²) in [7, 11) is 0. The van der Waals surface area contributed by atoms with Crippen LogP contribution in [0.15, 0.2) is 48.5 Å². The zero-order valence-electron chi connectivity index (χ0n) is 14.6. The Hall–Kier alpha value is -2.85. The first-order chi connectivity index (χ1) is 13.3. The van der Waals surface area contributed by atoms with Gasteiger partial charge in [0, 0.05) is 0 Å². The van der Waals surface area contributed by atoms with Crippen LogP contribution in [0, 0.1) is 0 Å². The summed E-state index contributed by atoms with van der Waals surface area (Å²) < 4.78 is 16.0. The molecule has 5 atom stereocenters. The third-order valence-electron chi connectivity index (χ3n) is 4.24. The van der Waals surface area contributed by atoms with Gasteiger partial charge in [0.2, 0.25) is 6.29 Å². The van der Waals surface area contributed by atoms with Crippen molar-refractivity contribution in [3.8, 4) is 17.2 Å². The summed E-state index contributed by atoms with van der Waals surface area (Å²) in [5.41, 5.74) is 0.181. The van der Waals surface area contributed by atoms with E-state index in [1.807, 2.05) is 0 Å². The maximum Gasteiger partial charge on any atom is 0.338 e. The topological polar surface area (TPSA) is 146 Å². The van der Waals surface area contributed by atoms with E-state index in [1.165, 1.54) is 48.5 Å². The highest BCUT2D eigenvalue weighted by molar-refractivity contribution is 5.89. The number of aliphatic hydroxyl groups excluding tert-OH is 3. The van der Waals surface area contributed by atoms with Crippen LogP contribution in [0.25, 0.3) is 0 Å². The van der Waals surface area contributed by atoms with Gasteiger partial charge in [0.25, 0.3) is 0 Å². The van der Waals surface area contributed by atoms with Crippen molar-refractivity contribution in [3.05, 3.63) is 54.1 Å². The van der Waals surface area contributed by atoms with E-state index in [0.29, 0.717) is 0 Å².